The van der Waals surface area contributed by atoms with Crippen LogP contribution in [0.25, 0.3) is 0 Å². The zero-order valence-electron chi connectivity index (χ0n) is 14.0. The molecule has 26 heavy (non-hydrogen) atoms. The molecule has 0 radical (unpaired) electrons. The minimum absolute atomic E-state index is 0.238. The number of hydrogen-bond acceptors (Lipinski definition) is 5. The maximum absolute atomic E-state index is 12.4. The summed E-state index contributed by atoms with van der Waals surface area (Å²) in [4.78, 5) is 23.0. The highest BCUT2D eigenvalue weighted by molar-refractivity contribution is 6.30. The third kappa shape index (κ3) is 3.57. The number of nitrogens with zero attached hydrogens (tertiary/aromatic N) is 5. The van der Waals surface area contributed by atoms with Crippen LogP contribution in [0, 0.1) is 17.0 Å². The predicted molar refractivity (Wildman–Crippen MR) is 95.3 cm³/mol. The average Bonchev–Trinajstić information content (AvgIpc) is 3.12. The van der Waals surface area contributed by atoms with Crippen LogP contribution < -0.4 is 5.32 Å². The SMILES string of the molecule is Cc1c([N+](=O)[O-])c(C(=O)Nc2cnn(Cc3cccc(Cl)c3)c2)nn1C. The van der Waals surface area contributed by atoms with Gasteiger partial charge in [0.2, 0.25) is 5.69 Å². The number of aromatic nitrogens is 4. The smallest absolute Gasteiger partial charge is 0.318 e. The number of rotatable bonds is 5. The summed E-state index contributed by atoms with van der Waals surface area (Å²) in [6.45, 7) is 2.00. The molecule has 1 amide bonds. The lowest BCUT2D eigenvalue weighted by molar-refractivity contribution is -0.385. The highest BCUT2D eigenvalue weighted by Gasteiger charge is 2.29. The van der Waals surface area contributed by atoms with Gasteiger partial charge in [0.05, 0.1) is 23.4 Å². The maximum atomic E-state index is 12.4. The van der Waals surface area contributed by atoms with Gasteiger partial charge in [0.15, 0.2) is 0 Å². The number of halogens is 1. The van der Waals surface area contributed by atoms with Crippen molar-refractivity contribution >= 4 is 28.9 Å². The molecule has 10 heteroatoms. The van der Waals surface area contributed by atoms with E-state index in [1.54, 1.807) is 24.0 Å². The summed E-state index contributed by atoms with van der Waals surface area (Å²) < 4.78 is 2.93. The summed E-state index contributed by atoms with van der Waals surface area (Å²) in [6, 6.07) is 7.35. The first-order valence-electron chi connectivity index (χ1n) is 7.61. The number of nitro groups is 1. The number of nitrogens with one attached hydrogen (secondary N) is 1. The van der Waals surface area contributed by atoms with E-state index in [4.69, 9.17) is 11.6 Å². The first-order valence-corrected chi connectivity index (χ1v) is 7.99. The molecule has 2 aromatic heterocycles. The molecule has 0 aliphatic heterocycles. The van der Waals surface area contributed by atoms with Crippen LogP contribution in [0.5, 0.6) is 0 Å². The van der Waals surface area contributed by atoms with Crippen LogP contribution in [0.15, 0.2) is 36.7 Å². The number of aryl methyl sites for hydroxylation is 1. The normalized spacial score (nSPS) is 10.7. The van der Waals surface area contributed by atoms with Gasteiger partial charge in [0, 0.05) is 18.3 Å². The predicted octanol–water partition coefficient (Wildman–Crippen LogP) is 2.79. The summed E-state index contributed by atoms with van der Waals surface area (Å²) in [7, 11) is 1.54. The Morgan fingerprint density at radius 2 is 2.19 bits per heavy atom. The zero-order chi connectivity index (χ0) is 18.8. The minimum Gasteiger partial charge on any atom is -0.318 e. The zero-order valence-corrected chi connectivity index (χ0v) is 14.8. The molecule has 1 N–H and O–H groups in total. The molecule has 0 bridgehead atoms. The van der Waals surface area contributed by atoms with Gasteiger partial charge in [-0.15, -0.1) is 0 Å². The van der Waals surface area contributed by atoms with Crippen LogP contribution in [0.2, 0.25) is 5.02 Å². The second-order valence-corrected chi connectivity index (χ2v) is 6.11. The quantitative estimate of drug-likeness (QED) is 0.545. The fourth-order valence-corrected chi connectivity index (χ4v) is 2.71. The second kappa shape index (κ2) is 6.96. The lowest BCUT2D eigenvalue weighted by Crippen LogP contribution is -2.14. The maximum Gasteiger partial charge on any atom is 0.322 e. The summed E-state index contributed by atoms with van der Waals surface area (Å²) in [6.07, 6.45) is 3.09. The Labute approximate surface area is 153 Å². The van der Waals surface area contributed by atoms with Crippen molar-refractivity contribution in [2.75, 3.05) is 5.32 Å². The van der Waals surface area contributed by atoms with E-state index in [1.165, 1.54) is 17.8 Å². The average molecular weight is 375 g/mol. The number of hydrogen-bond donors (Lipinski definition) is 1. The van der Waals surface area contributed by atoms with Gasteiger partial charge in [-0.2, -0.15) is 10.2 Å². The van der Waals surface area contributed by atoms with Crippen molar-refractivity contribution in [1.29, 1.82) is 0 Å². The fraction of sp³-hybridized carbons (Fsp3) is 0.188. The Kier molecular flexibility index (Phi) is 4.72. The largest absolute Gasteiger partial charge is 0.322 e. The van der Waals surface area contributed by atoms with Gasteiger partial charge >= 0.3 is 5.69 Å². The van der Waals surface area contributed by atoms with E-state index in [0.717, 1.165) is 5.56 Å². The summed E-state index contributed by atoms with van der Waals surface area (Å²) in [5.41, 5.74) is 1.12. The van der Waals surface area contributed by atoms with Crippen LogP contribution in [0.3, 0.4) is 0 Å². The van der Waals surface area contributed by atoms with Crippen LogP contribution in [-0.4, -0.2) is 30.4 Å². The number of carbonyl (C=O) groups is 1. The molecule has 0 fully saturated rings. The topological polar surface area (TPSA) is 108 Å². The van der Waals surface area contributed by atoms with Crippen molar-refractivity contribution in [1.82, 2.24) is 19.6 Å². The molecule has 3 rings (SSSR count). The van der Waals surface area contributed by atoms with Gasteiger partial charge in [-0.05, 0) is 24.6 Å². The molecule has 9 nitrogen and oxygen atoms in total. The van der Waals surface area contributed by atoms with E-state index in [0.29, 0.717) is 22.9 Å². The van der Waals surface area contributed by atoms with E-state index in [2.05, 4.69) is 15.5 Å². The third-order valence-electron chi connectivity index (χ3n) is 3.82. The molecule has 0 atom stereocenters. The van der Waals surface area contributed by atoms with E-state index in [1.807, 2.05) is 18.2 Å². The van der Waals surface area contributed by atoms with Gasteiger partial charge in [-0.25, -0.2) is 0 Å². The van der Waals surface area contributed by atoms with Crippen molar-refractivity contribution in [3.63, 3.8) is 0 Å². The lowest BCUT2D eigenvalue weighted by Gasteiger charge is -2.02. The van der Waals surface area contributed by atoms with E-state index in [9.17, 15) is 14.9 Å². The van der Waals surface area contributed by atoms with Gasteiger partial charge < -0.3 is 5.32 Å². The van der Waals surface area contributed by atoms with Gasteiger partial charge in [-0.3, -0.25) is 24.3 Å². The Morgan fingerprint density at radius 3 is 2.88 bits per heavy atom. The van der Waals surface area contributed by atoms with Crippen LogP contribution in [0.4, 0.5) is 11.4 Å². The number of amides is 1. The molecular weight excluding hydrogens is 360 g/mol. The standard InChI is InChI=1S/C16H15ClN6O3/c1-10-15(23(25)26)14(20-21(10)2)16(24)19-13-7-18-22(9-13)8-11-4-3-5-12(17)6-11/h3-7,9H,8H2,1-2H3,(H,19,24). The van der Waals surface area contributed by atoms with Crippen molar-refractivity contribution in [2.24, 2.45) is 7.05 Å². The van der Waals surface area contributed by atoms with E-state index < -0.39 is 10.8 Å². The van der Waals surface area contributed by atoms with Crippen LogP contribution in [-0.2, 0) is 13.6 Å². The fourth-order valence-electron chi connectivity index (χ4n) is 2.50. The Balaban J connectivity index is 1.76. The molecule has 2 heterocycles. The first kappa shape index (κ1) is 17.6. The van der Waals surface area contributed by atoms with Crippen molar-refractivity contribution < 1.29 is 9.72 Å². The molecule has 0 saturated heterocycles. The Morgan fingerprint density at radius 1 is 1.42 bits per heavy atom. The first-order chi connectivity index (χ1) is 12.3. The van der Waals surface area contributed by atoms with Gasteiger partial charge in [0.1, 0.15) is 5.69 Å². The van der Waals surface area contributed by atoms with Crippen molar-refractivity contribution in [3.8, 4) is 0 Å². The molecule has 0 aliphatic carbocycles. The molecule has 3 aromatic rings. The Bertz CT molecular complexity index is 994. The van der Waals surface area contributed by atoms with Crippen molar-refractivity contribution in [3.05, 3.63) is 68.7 Å². The highest BCUT2D eigenvalue weighted by Crippen LogP contribution is 2.23. The monoisotopic (exact) mass is 374 g/mol. The minimum atomic E-state index is -0.664. The number of benzene rings is 1. The number of carbonyl (C=O) groups excluding carboxylic acids is 1. The summed E-state index contributed by atoms with van der Waals surface area (Å²) in [5, 5.41) is 22.5. The molecule has 0 aliphatic rings. The molecule has 134 valence electrons. The second-order valence-electron chi connectivity index (χ2n) is 5.67. The third-order valence-corrected chi connectivity index (χ3v) is 4.06. The molecule has 1 aromatic carbocycles. The molecule has 0 spiro atoms. The van der Waals surface area contributed by atoms with E-state index >= 15 is 0 Å². The van der Waals surface area contributed by atoms with Crippen LogP contribution >= 0.6 is 11.6 Å². The number of anilines is 1. The van der Waals surface area contributed by atoms with Gasteiger partial charge in [-0.1, -0.05) is 23.7 Å². The molecular formula is C16H15ClN6O3. The van der Waals surface area contributed by atoms with Crippen LogP contribution in [0.1, 0.15) is 21.7 Å². The van der Waals surface area contributed by atoms with Gasteiger partial charge in [0.25, 0.3) is 5.91 Å². The lowest BCUT2D eigenvalue weighted by atomic mass is 10.2. The summed E-state index contributed by atoms with van der Waals surface area (Å²) >= 11 is 5.96. The molecule has 0 unspecified atom stereocenters. The highest BCUT2D eigenvalue weighted by atomic mass is 35.5. The van der Waals surface area contributed by atoms with Crippen molar-refractivity contribution in [2.45, 2.75) is 13.5 Å². The summed E-state index contributed by atoms with van der Waals surface area (Å²) in [5.74, 6) is -0.664. The van der Waals surface area contributed by atoms with E-state index in [-0.39, 0.29) is 11.4 Å². The Hall–Kier alpha value is -3.20. The molecule has 0 saturated carbocycles.